The smallest absolute Gasteiger partial charge is 0.315 e. The Morgan fingerprint density at radius 2 is 1.84 bits per heavy atom. The first-order chi connectivity index (χ1) is 8.97. The van der Waals surface area contributed by atoms with Crippen LogP contribution in [0.3, 0.4) is 0 Å². The number of aromatic nitrogens is 2. The number of nitrogens with zero attached hydrogens (tertiary/aromatic N) is 2. The molecular weight excluding hydrogens is 240 g/mol. The van der Waals surface area contributed by atoms with Crippen LogP contribution in [-0.4, -0.2) is 15.7 Å². The number of carbonyl (C=O) groups excluding carboxylic acids is 1. The third kappa shape index (κ3) is 3.02. The maximum Gasteiger partial charge on any atom is 0.315 e. The summed E-state index contributed by atoms with van der Waals surface area (Å²) in [5.41, 5.74) is 3.72. The molecule has 4 nitrogen and oxygen atoms in total. The molecule has 0 spiro atoms. The molecule has 0 aliphatic carbocycles. The number of esters is 1. The van der Waals surface area contributed by atoms with Crippen LogP contribution in [0.5, 0.6) is 5.75 Å². The Morgan fingerprint density at radius 3 is 2.37 bits per heavy atom. The first-order valence-electron chi connectivity index (χ1n) is 6.24. The maximum atomic E-state index is 11.9. The summed E-state index contributed by atoms with van der Waals surface area (Å²) in [5.74, 6) is 0.308. The van der Waals surface area contributed by atoms with Gasteiger partial charge in [-0.15, -0.1) is 0 Å². The molecule has 2 aromatic rings. The Kier molecular flexibility index (Phi) is 3.69. The first-order valence-corrected chi connectivity index (χ1v) is 6.24. The van der Waals surface area contributed by atoms with Gasteiger partial charge in [0.05, 0.1) is 12.1 Å². The predicted octanol–water partition coefficient (Wildman–Crippen LogP) is 2.49. The highest BCUT2D eigenvalue weighted by Crippen LogP contribution is 2.21. The van der Waals surface area contributed by atoms with Gasteiger partial charge in [-0.1, -0.05) is 29.8 Å². The number of rotatable bonds is 3. The van der Waals surface area contributed by atoms with E-state index >= 15 is 0 Å². The summed E-state index contributed by atoms with van der Waals surface area (Å²) in [6, 6.07) is 7.87. The van der Waals surface area contributed by atoms with Gasteiger partial charge in [0, 0.05) is 7.05 Å². The molecule has 0 radical (unpaired) electrons. The lowest BCUT2D eigenvalue weighted by Crippen LogP contribution is -2.12. The average Bonchev–Trinajstić information content (AvgIpc) is 2.59. The second-order valence-electron chi connectivity index (χ2n) is 4.76. The maximum absolute atomic E-state index is 11.9. The van der Waals surface area contributed by atoms with E-state index in [1.165, 1.54) is 5.56 Å². The normalized spacial score (nSPS) is 10.5. The van der Waals surface area contributed by atoms with Gasteiger partial charge in [-0.2, -0.15) is 5.10 Å². The van der Waals surface area contributed by atoms with Gasteiger partial charge in [0.1, 0.15) is 5.69 Å². The van der Waals surface area contributed by atoms with Crippen LogP contribution < -0.4 is 4.74 Å². The molecule has 0 bridgehead atoms. The van der Waals surface area contributed by atoms with Gasteiger partial charge in [0.25, 0.3) is 0 Å². The summed E-state index contributed by atoms with van der Waals surface area (Å²) in [5, 5.41) is 4.22. The Labute approximate surface area is 113 Å². The van der Waals surface area contributed by atoms with Crippen LogP contribution >= 0.6 is 0 Å². The van der Waals surface area contributed by atoms with E-state index < -0.39 is 0 Å². The number of hydrogen-bond donors (Lipinski definition) is 0. The molecule has 0 N–H and O–H groups in total. The fourth-order valence-corrected chi connectivity index (χ4v) is 1.92. The van der Waals surface area contributed by atoms with Crippen molar-refractivity contribution in [2.75, 3.05) is 0 Å². The molecule has 0 saturated heterocycles. The number of carbonyl (C=O) groups is 1. The molecule has 4 heteroatoms. The van der Waals surface area contributed by atoms with E-state index in [2.05, 4.69) is 5.10 Å². The number of hydrogen-bond acceptors (Lipinski definition) is 3. The van der Waals surface area contributed by atoms with Crippen molar-refractivity contribution in [2.24, 2.45) is 7.05 Å². The fraction of sp³-hybridized carbons (Fsp3) is 0.333. The molecular formula is C15H18N2O2. The van der Waals surface area contributed by atoms with Crippen LogP contribution in [0.2, 0.25) is 0 Å². The van der Waals surface area contributed by atoms with E-state index in [0.717, 1.165) is 17.0 Å². The zero-order chi connectivity index (χ0) is 14.0. The molecule has 19 heavy (non-hydrogen) atoms. The van der Waals surface area contributed by atoms with Gasteiger partial charge in [0.15, 0.2) is 5.75 Å². The van der Waals surface area contributed by atoms with Crippen LogP contribution in [0.4, 0.5) is 0 Å². The molecule has 100 valence electrons. The van der Waals surface area contributed by atoms with Crippen molar-refractivity contribution in [1.29, 1.82) is 0 Å². The third-order valence-corrected chi connectivity index (χ3v) is 3.13. The quantitative estimate of drug-likeness (QED) is 0.794. The Morgan fingerprint density at radius 1 is 1.21 bits per heavy atom. The molecule has 1 aromatic heterocycles. The predicted molar refractivity (Wildman–Crippen MR) is 73.2 cm³/mol. The Balaban J connectivity index is 2.07. The Bertz CT molecular complexity index is 597. The molecule has 0 saturated carbocycles. The highest BCUT2D eigenvalue weighted by atomic mass is 16.5. The fourth-order valence-electron chi connectivity index (χ4n) is 1.92. The number of ether oxygens (including phenoxy) is 1. The summed E-state index contributed by atoms with van der Waals surface area (Å²) in [6.07, 6.45) is 0.272. The number of benzene rings is 1. The van der Waals surface area contributed by atoms with E-state index in [9.17, 15) is 4.79 Å². The highest BCUT2D eigenvalue weighted by Gasteiger charge is 2.15. The van der Waals surface area contributed by atoms with Gasteiger partial charge >= 0.3 is 5.97 Å². The van der Waals surface area contributed by atoms with Crippen LogP contribution in [0.1, 0.15) is 22.5 Å². The molecule has 0 aliphatic heterocycles. The van der Waals surface area contributed by atoms with E-state index in [4.69, 9.17) is 4.74 Å². The van der Waals surface area contributed by atoms with Gasteiger partial charge < -0.3 is 4.74 Å². The van der Waals surface area contributed by atoms with Crippen molar-refractivity contribution in [2.45, 2.75) is 27.2 Å². The molecule has 0 atom stereocenters. The molecule has 2 rings (SSSR count). The van der Waals surface area contributed by atoms with Gasteiger partial charge in [-0.3, -0.25) is 9.48 Å². The molecule has 0 fully saturated rings. The van der Waals surface area contributed by atoms with Crippen LogP contribution in [0.25, 0.3) is 0 Å². The van der Waals surface area contributed by atoms with Crippen molar-refractivity contribution in [3.8, 4) is 5.75 Å². The van der Waals surface area contributed by atoms with Gasteiger partial charge in [-0.05, 0) is 26.3 Å². The largest absolute Gasteiger partial charge is 0.422 e. The van der Waals surface area contributed by atoms with Crippen molar-refractivity contribution >= 4 is 5.97 Å². The highest BCUT2D eigenvalue weighted by molar-refractivity contribution is 5.75. The minimum absolute atomic E-state index is 0.261. The molecule has 1 heterocycles. The van der Waals surface area contributed by atoms with E-state index in [1.807, 2.05) is 52.1 Å². The lowest BCUT2D eigenvalue weighted by molar-refractivity contribution is -0.133. The van der Waals surface area contributed by atoms with E-state index in [0.29, 0.717) is 5.75 Å². The SMILES string of the molecule is Cc1ccc(CC(=O)Oc2c(C)nn(C)c2C)cc1. The van der Waals surface area contributed by atoms with E-state index in [-0.39, 0.29) is 12.4 Å². The lowest BCUT2D eigenvalue weighted by atomic mass is 10.1. The summed E-state index contributed by atoms with van der Waals surface area (Å²) < 4.78 is 7.12. The summed E-state index contributed by atoms with van der Waals surface area (Å²) in [4.78, 5) is 11.9. The number of aryl methyl sites for hydroxylation is 3. The van der Waals surface area contributed by atoms with Crippen LogP contribution in [0, 0.1) is 20.8 Å². The lowest BCUT2D eigenvalue weighted by Gasteiger charge is -2.05. The summed E-state index contributed by atoms with van der Waals surface area (Å²) in [7, 11) is 1.83. The molecule has 0 unspecified atom stereocenters. The topological polar surface area (TPSA) is 44.1 Å². The zero-order valence-corrected chi connectivity index (χ0v) is 11.7. The summed E-state index contributed by atoms with van der Waals surface area (Å²) >= 11 is 0. The Hall–Kier alpha value is -2.10. The van der Waals surface area contributed by atoms with Gasteiger partial charge in [-0.25, -0.2) is 0 Å². The minimum atomic E-state index is -0.261. The van der Waals surface area contributed by atoms with Crippen molar-refractivity contribution in [3.63, 3.8) is 0 Å². The zero-order valence-electron chi connectivity index (χ0n) is 11.7. The standard InChI is InChI=1S/C15H18N2O2/c1-10-5-7-13(8-6-10)9-14(18)19-15-11(2)16-17(4)12(15)3/h5-8H,9H2,1-4H3. The van der Waals surface area contributed by atoms with E-state index in [1.54, 1.807) is 4.68 Å². The first kappa shape index (κ1) is 13.3. The average molecular weight is 258 g/mol. The molecule has 0 aliphatic rings. The minimum Gasteiger partial charge on any atom is -0.422 e. The van der Waals surface area contributed by atoms with Gasteiger partial charge in [0.2, 0.25) is 0 Å². The second-order valence-corrected chi connectivity index (χ2v) is 4.76. The summed E-state index contributed by atoms with van der Waals surface area (Å²) in [6.45, 7) is 5.74. The second kappa shape index (κ2) is 5.26. The van der Waals surface area contributed by atoms with Crippen molar-refractivity contribution < 1.29 is 9.53 Å². The molecule has 1 aromatic carbocycles. The van der Waals surface area contributed by atoms with Crippen LogP contribution in [-0.2, 0) is 18.3 Å². The third-order valence-electron chi connectivity index (χ3n) is 3.13. The van der Waals surface area contributed by atoms with Crippen molar-refractivity contribution in [3.05, 3.63) is 46.8 Å². The van der Waals surface area contributed by atoms with Crippen molar-refractivity contribution in [1.82, 2.24) is 9.78 Å². The molecule has 0 amide bonds. The van der Waals surface area contributed by atoms with Crippen LogP contribution in [0.15, 0.2) is 24.3 Å². The monoisotopic (exact) mass is 258 g/mol.